The Labute approximate surface area is 173 Å². The Hall–Kier alpha value is -3.08. The van der Waals surface area contributed by atoms with Gasteiger partial charge in [-0.2, -0.15) is 0 Å². The molecule has 5 nitrogen and oxygen atoms in total. The number of aliphatic carboxylic acids is 1. The van der Waals surface area contributed by atoms with E-state index in [1.807, 2.05) is 51.1 Å². The van der Waals surface area contributed by atoms with Crippen LogP contribution in [0.2, 0.25) is 0 Å². The first-order valence-corrected chi connectivity index (χ1v) is 9.76. The Kier molecular flexibility index (Phi) is 10.2. The molecule has 0 aliphatic rings. The molecule has 0 unspecified atom stereocenters. The van der Waals surface area contributed by atoms with Gasteiger partial charge in [0.2, 0.25) is 0 Å². The first-order chi connectivity index (χ1) is 13.8. The minimum Gasteiger partial charge on any atom is -0.507 e. The van der Waals surface area contributed by atoms with Crippen molar-refractivity contribution in [2.45, 2.75) is 40.5 Å². The van der Waals surface area contributed by atoms with E-state index in [0.717, 1.165) is 40.9 Å². The summed E-state index contributed by atoms with van der Waals surface area (Å²) in [4.78, 5) is 15.4. The van der Waals surface area contributed by atoms with Crippen molar-refractivity contribution in [1.82, 2.24) is 0 Å². The summed E-state index contributed by atoms with van der Waals surface area (Å²) in [6.07, 6.45) is 6.23. The SMILES string of the molecule is C=C(/C=C(C)/C(C)=C/C(O)=C(\C=NCCC)C(=O)O)c1ccccc1OCCC. The van der Waals surface area contributed by atoms with Gasteiger partial charge in [-0.15, -0.1) is 0 Å². The van der Waals surface area contributed by atoms with E-state index in [0.29, 0.717) is 13.2 Å². The molecule has 0 radical (unpaired) electrons. The second-order valence-corrected chi connectivity index (χ2v) is 6.66. The summed E-state index contributed by atoms with van der Waals surface area (Å²) in [6.45, 7) is 12.9. The molecule has 0 saturated carbocycles. The first kappa shape index (κ1) is 24.0. The lowest BCUT2D eigenvalue weighted by Crippen LogP contribution is -2.06. The van der Waals surface area contributed by atoms with E-state index in [-0.39, 0.29) is 11.3 Å². The zero-order valence-electron chi connectivity index (χ0n) is 17.7. The molecule has 29 heavy (non-hydrogen) atoms. The third kappa shape index (κ3) is 7.82. The quantitative estimate of drug-likeness (QED) is 0.215. The molecule has 0 aromatic heterocycles. The van der Waals surface area contributed by atoms with Gasteiger partial charge in [-0.1, -0.05) is 44.7 Å². The average Bonchev–Trinajstić information content (AvgIpc) is 2.69. The predicted octanol–water partition coefficient (Wildman–Crippen LogP) is 5.76. The van der Waals surface area contributed by atoms with Crippen molar-refractivity contribution in [3.63, 3.8) is 0 Å². The number of aliphatic hydroxyl groups is 1. The first-order valence-electron chi connectivity index (χ1n) is 9.76. The van der Waals surface area contributed by atoms with E-state index in [2.05, 4.69) is 11.6 Å². The highest BCUT2D eigenvalue weighted by Crippen LogP contribution is 2.28. The molecule has 0 aliphatic heterocycles. The number of hydrogen-bond donors (Lipinski definition) is 2. The second-order valence-electron chi connectivity index (χ2n) is 6.66. The number of carboxylic acid groups (broad SMARTS) is 1. The molecular weight excluding hydrogens is 366 g/mol. The lowest BCUT2D eigenvalue weighted by Gasteiger charge is -2.12. The van der Waals surface area contributed by atoms with Crippen LogP contribution in [0.25, 0.3) is 5.57 Å². The number of ether oxygens (including phenoxy) is 1. The lowest BCUT2D eigenvalue weighted by molar-refractivity contribution is -0.132. The van der Waals surface area contributed by atoms with Crippen molar-refractivity contribution in [3.8, 4) is 5.75 Å². The summed E-state index contributed by atoms with van der Waals surface area (Å²) in [5.41, 5.74) is 3.00. The van der Waals surface area contributed by atoms with Crippen molar-refractivity contribution in [2.75, 3.05) is 13.2 Å². The van der Waals surface area contributed by atoms with Crippen LogP contribution in [0.5, 0.6) is 5.75 Å². The van der Waals surface area contributed by atoms with E-state index >= 15 is 0 Å². The normalized spacial score (nSPS) is 13.4. The smallest absolute Gasteiger partial charge is 0.341 e. The maximum absolute atomic E-state index is 11.4. The highest BCUT2D eigenvalue weighted by Gasteiger charge is 2.11. The molecule has 156 valence electrons. The van der Waals surface area contributed by atoms with Crippen molar-refractivity contribution in [3.05, 3.63) is 71.0 Å². The van der Waals surface area contributed by atoms with Gasteiger partial charge >= 0.3 is 5.97 Å². The molecule has 0 heterocycles. The van der Waals surface area contributed by atoms with Gasteiger partial charge in [0.25, 0.3) is 0 Å². The van der Waals surface area contributed by atoms with Crippen LogP contribution in [-0.4, -0.2) is 35.5 Å². The van der Waals surface area contributed by atoms with Gasteiger partial charge in [0.05, 0.1) is 6.61 Å². The van der Waals surface area contributed by atoms with Gasteiger partial charge in [-0.25, -0.2) is 4.79 Å². The highest BCUT2D eigenvalue weighted by molar-refractivity contribution is 6.09. The molecule has 0 aliphatic carbocycles. The second kappa shape index (κ2) is 12.4. The van der Waals surface area contributed by atoms with Crippen molar-refractivity contribution < 1.29 is 19.7 Å². The number of aliphatic imine (C=N–C) groups is 1. The molecule has 0 atom stereocenters. The van der Waals surface area contributed by atoms with Gasteiger partial charge in [0.15, 0.2) is 0 Å². The van der Waals surface area contributed by atoms with Crippen LogP contribution in [0.1, 0.15) is 46.1 Å². The molecule has 2 N–H and O–H groups in total. The van der Waals surface area contributed by atoms with Crippen LogP contribution in [0.15, 0.2) is 70.5 Å². The summed E-state index contributed by atoms with van der Waals surface area (Å²) in [5, 5.41) is 19.6. The van der Waals surface area contributed by atoms with E-state index in [1.54, 1.807) is 6.92 Å². The highest BCUT2D eigenvalue weighted by atomic mass is 16.5. The lowest BCUT2D eigenvalue weighted by atomic mass is 10.00. The number of rotatable bonds is 11. The Balaban J connectivity index is 3.14. The summed E-state index contributed by atoms with van der Waals surface area (Å²) < 4.78 is 5.79. The molecule has 5 heteroatoms. The molecule has 1 aromatic rings. The van der Waals surface area contributed by atoms with Gasteiger partial charge in [0, 0.05) is 18.3 Å². The molecule has 0 bridgehead atoms. The van der Waals surface area contributed by atoms with Crippen LogP contribution in [0.3, 0.4) is 0 Å². The summed E-state index contributed by atoms with van der Waals surface area (Å²) in [7, 11) is 0. The van der Waals surface area contributed by atoms with Gasteiger partial charge < -0.3 is 14.9 Å². The Morgan fingerprint density at radius 3 is 2.38 bits per heavy atom. The zero-order chi connectivity index (χ0) is 21.8. The van der Waals surface area contributed by atoms with E-state index in [4.69, 9.17) is 4.74 Å². The van der Waals surface area contributed by atoms with Gasteiger partial charge in [-0.3, -0.25) is 4.99 Å². The maximum atomic E-state index is 11.4. The summed E-state index contributed by atoms with van der Waals surface area (Å²) in [6, 6.07) is 7.69. The largest absolute Gasteiger partial charge is 0.507 e. The Morgan fingerprint density at radius 2 is 1.76 bits per heavy atom. The summed E-state index contributed by atoms with van der Waals surface area (Å²) >= 11 is 0. The van der Waals surface area contributed by atoms with Crippen LogP contribution >= 0.6 is 0 Å². The zero-order valence-corrected chi connectivity index (χ0v) is 17.7. The van der Waals surface area contributed by atoms with Gasteiger partial charge in [-0.05, 0) is 55.6 Å². The molecular formula is C24H31NO4. The van der Waals surface area contributed by atoms with Crippen LogP contribution in [0, 0.1) is 0 Å². The van der Waals surface area contributed by atoms with Crippen molar-refractivity contribution in [2.24, 2.45) is 4.99 Å². The number of aliphatic hydroxyl groups excluding tert-OH is 1. The summed E-state index contributed by atoms with van der Waals surface area (Å²) in [5.74, 6) is -0.785. The number of para-hydroxylation sites is 1. The molecule has 0 amide bonds. The number of carboxylic acids is 1. The Bertz CT molecular complexity index is 844. The van der Waals surface area contributed by atoms with Crippen molar-refractivity contribution >= 4 is 17.8 Å². The van der Waals surface area contributed by atoms with Crippen molar-refractivity contribution in [1.29, 1.82) is 0 Å². The Morgan fingerprint density at radius 1 is 1.10 bits per heavy atom. The molecule has 0 spiro atoms. The molecule has 0 saturated heterocycles. The fraction of sp³-hybridized carbons (Fsp3) is 0.333. The molecule has 1 rings (SSSR count). The minimum absolute atomic E-state index is 0.234. The third-order valence-corrected chi connectivity index (χ3v) is 4.14. The predicted molar refractivity (Wildman–Crippen MR) is 120 cm³/mol. The number of hydrogen-bond acceptors (Lipinski definition) is 4. The van der Waals surface area contributed by atoms with Crippen LogP contribution in [-0.2, 0) is 4.79 Å². The number of allylic oxidation sites excluding steroid dienone is 5. The fourth-order valence-electron chi connectivity index (χ4n) is 2.44. The fourth-order valence-corrected chi connectivity index (χ4v) is 2.44. The van der Waals surface area contributed by atoms with Crippen LogP contribution in [0.4, 0.5) is 0 Å². The minimum atomic E-state index is -1.22. The third-order valence-electron chi connectivity index (χ3n) is 4.14. The van der Waals surface area contributed by atoms with Gasteiger partial charge in [0.1, 0.15) is 17.1 Å². The number of carbonyl (C=O) groups is 1. The topological polar surface area (TPSA) is 79.1 Å². The maximum Gasteiger partial charge on any atom is 0.341 e. The van der Waals surface area contributed by atoms with E-state index in [9.17, 15) is 15.0 Å². The van der Waals surface area contributed by atoms with E-state index in [1.165, 1.54) is 12.3 Å². The molecule has 1 aromatic carbocycles. The van der Waals surface area contributed by atoms with Crippen LogP contribution < -0.4 is 4.74 Å². The number of benzene rings is 1. The van der Waals surface area contributed by atoms with E-state index < -0.39 is 5.97 Å². The average molecular weight is 398 g/mol. The monoisotopic (exact) mass is 397 g/mol. The number of nitrogens with zero attached hydrogens (tertiary/aromatic N) is 1. The standard InChI is InChI=1S/C24H31NO4/c1-6-12-25-16-21(24(27)28)22(26)15-18(4)17(3)14-19(5)20-10-8-9-11-23(20)29-13-7-2/h8-11,14-16,26H,5-7,12-13H2,1-4H3,(H,27,28)/b17-14+,18-15+,22-21-,25-16?. The molecule has 0 fully saturated rings.